The summed E-state index contributed by atoms with van der Waals surface area (Å²) in [6.07, 6.45) is 1.87. The number of hydrogen-bond donors (Lipinski definition) is 2. The summed E-state index contributed by atoms with van der Waals surface area (Å²) in [5.41, 5.74) is 1.66. The Bertz CT molecular complexity index is 604. The van der Waals surface area contributed by atoms with Crippen LogP contribution >= 0.6 is 0 Å². The molecule has 6 nitrogen and oxygen atoms in total. The molecule has 2 rings (SSSR count). The topological polar surface area (TPSA) is 69.9 Å². The first-order chi connectivity index (χ1) is 8.99. The van der Waals surface area contributed by atoms with Gasteiger partial charge in [-0.1, -0.05) is 0 Å². The summed E-state index contributed by atoms with van der Waals surface area (Å²) >= 11 is 0. The Morgan fingerprint density at radius 2 is 2.21 bits per heavy atom. The van der Waals surface area contributed by atoms with Crippen LogP contribution < -0.4 is 5.32 Å². The lowest BCUT2D eigenvalue weighted by Gasteiger charge is -2.11. The third-order valence-corrected chi connectivity index (χ3v) is 2.90. The van der Waals surface area contributed by atoms with Crippen LogP contribution in [-0.2, 0) is 0 Å². The first-order valence-corrected chi connectivity index (χ1v) is 6.09. The number of carboxylic acid groups (broad SMARTS) is 1. The normalized spacial score (nSPS) is 11.2. The van der Waals surface area contributed by atoms with Gasteiger partial charge in [-0.05, 0) is 33.2 Å². The highest BCUT2D eigenvalue weighted by Gasteiger charge is 2.14. The molecule has 0 bridgehead atoms. The zero-order valence-electron chi connectivity index (χ0n) is 11.3. The summed E-state index contributed by atoms with van der Waals surface area (Å²) in [7, 11) is 4.04. The number of aromatic nitrogens is 2. The van der Waals surface area contributed by atoms with Gasteiger partial charge in [0.05, 0.1) is 11.2 Å². The molecule has 0 amide bonds. The molecule has 0 aliphatic carbocycles. The lowest BCUT2D eigenvalue weighted by Crippen LogP contribution is -2.20. The van der Waals surface area contributed by atoms with Gasteiger partial charge in [0.2, 0.25) is 0 Å². The molecule has 19 heavy (non-hydrogen) atoms. The number of likely N-dealkylation sites (N-methyl/N-ethyl adjacent to an activating group) is 1. The molecule has 0 spiro atoms. The van der Waals surface area contributed by atoms with E-state index in [1.165, 1.54) is 0 Å². The monoisotopic (exact) mass is 262 g/mol. The van der Waals surface area contributed by atoms with Crippen molar-refractivity contribution in [2.75, 3.05) is 32.5 Å². The molecule has 2 N–H and O–H groups in total. The van der Waals surface area contributed by atoms with E-state index in [1.54, 1.807) is 17.4 Å². The second-order valence-corrected chi connectivity index (χ2v) is 4.72. The second kappa shape index (κ2) is 5.27. The Morgan fingerprint density at radius 1 is 1.47 bits per heavy atom. The molecule has 102 valence electrons. The van der Waals surface area contributed by atoms with Crippen molar-refractivity contribution in [3.8, 4) is 0 Å². The molecule has 0 aliphatic rings. The molecule has 0 aliphatic heterocycles. The van der Waals surface area contributed by atoms with Crippen molar-refractivity contribution in [1.82, 2.24) is 14.3 Å². The van der Waals surface area contributed by atoms with Crippen LogP contribution in [0.15, 0.2) is 18.3 Å². The van der Waals surface area contributed by atoms with Gasteiger partial charge < -0.3 is 19.7 Å². The van der Waals surface area contributed by atoms with Gasteiger partial charge in [0.15, 0.2) is 5.69 Å². The highest BCUT2D eigenvalue weighted by atomic mass is 16.4. The van der Waals surface area contributed by atoms with Crippen LogP contribution in [0.25, 0.3) is 5.52 Å². The van der Waals surface area contributed by atoms with E-state index in [9.17, 15) is 4.79 Å². The summed E-state index contributed by atoms with van der Waals surface area (Å²) in [5.74, 6) is -0.331. The summed E-state index contributed by atoms with van der Waals surface area (Å²) in [6, 6.07) is 3.65. The third kappa shape index (κ3) is 2.85. The number of fused-ring (bicyclic) bond motifs is 1. The van der Waals surface area contributed by atoms with Gasteiger partial charge >= 0.3 is 5.97 Å². The standard InChI is InChI=1S/C13H18N4O2/c1-9-15-12(13(18)19)11-5-4-10(8-17(9)11)14-6-7-16(2)3/h4-5,8,14H,6-7H2,1-3H3,(H,18,19). The van der Waals surface area contributed by atoms with Crippen LogP contribution in [0, 0.1) is 6.92 Å². The fourth-order valence-electron chi connectivity index (χ4n) is 1.92. The molecule has 0 saturated carbocycles. The number of nitrogens with one attached hydrogen (secondary N) is 1. The molecule has 2 heterocycles. The van der Waals surface area contributed by atoms with Gasteiger partial charge in [-0.15, -0.1) is 0 Å². The molecule has 0 saturated heterocycles. The van der Waals surface area contributed by atoms with Crippen LogP contribution in [-0.4, -0.2) is 52.5 Å². The van der Waals surface area contributed by atoms with E-state index in [4.69, 9.17) is 5.11 Å². The molecule has 0 fully saturated rings. The lowest BCUT2D eigenvalue weighted by atomic mass is 10.3. The Hall–Kier alpha value is -2.08. The molecule has 0 unspecified atom stereocenters. The Balaban J connectivity index is 2.26. The van der Waals surface area contributed by atoms with Gasteiger partial charge in [0, 0.05) is 19.3 Å². The van der Waals surface area contributed by atoms with Crippen molar-refractivity contribution in [3.05, 3.63) is 29.8 Å². The van der Waals surface area contributed by atoms with Gasteiger partial charge in [-0.3, -0.25) is 0 Å². The van der Waals surface area contributed by atoms with Crippen LogP contribution in [0.2, 0.25) is 0 Å². The van der Waals surface area contributed by atoms with Crippen LogP contribution in [0.4, 0.5) is 5.69 Å². The maximum absolute atomic E-state index is 11.1. The van der Waals surface area contributed by atoms with Crippen molar-refractivity contribution in [2.24, 2.45) is 0 Å². The summed E-state index contributed by atoms with van der Waals surface area (Å²) in [5, 5.41) is 12.4. The van der Waals surface area contributed by atoms with Gasteiger partial charge in [0.1, 0.15) is 5.82 Å². The van der Waals surface area contributed by atoms with Gasteiger partial charge in [-0.2, -0.15) is 0 Å². The van der Waals surface area contributed by atoms with Crippen molar-refractivity contribution < 1.29 is 9.90 Å². The first kappa shape index (κ1) is 13.4. The Labute approximate surface area is 111 Å². The molecule has 2 aromatic rings. The van der Waals surface area contributed by atoms with E-state index in [1.807, 2.05) is 26.4 Å². The number of carboxylic acids is 1. The summed E-state index contributed by atoms with van der Waals surface area (Å²) in [4.78, 5) is 17.2. The van der Waals surface area contributed by atoms with Crippen molar-refractivity contribution in [2.45, 2.75) is 6.92 Å². The van der Waals surface area contributed by atoms with E-state index in [-0.39, 0.29) is 5.69 Å². The highest BCUT2D eigenvalue weighted by molar-refractivity contribution is 5.93. The predicted octanol–water partition coefficient (Wildman–Crippen LogP) is 1.31. The molecule has 2 aromatic heterocycles. The Kier molecular flexibility index (Phi) is 3.71. The van der Waals surface area contributed by atoms with E-state index >= 15 is 0 Å². The van der Waals surface area contributed by atoms with E-state index in [0.717, 1.165) is 18.8 Å². The number of imidazole rings is 1. The number of nitrogens with zero attached hydrogens (tertiary/aromatic N) is 3. The Morgan fingerprint density at radius 3 is 2.84 bits per heavy atom. The lowest BCUT2D eigenvalue weighted by molar-refractivity contribution is 0.0693. The van der Waals surface area contributed by atoms with Crippen LogP contribution in [0.3, 0.4) is 0 Å². The molecule has 6 heteroatoms. The van der Waals surface area contributed by atoms with Crippen molar-refractivity contribution in [1.29, 1.82) is 0 Å². The fraction of sp³-hybridized carbons (Fsp3) is 0.385. The van der Waals surface area contributed by atoms with Crippen molar-refractivity contribution in [3.63, 3.8) is 0 Å². The minimum Gasteiger partial charge on any atom is -0.476 e. The number of pyridine rings is 1. The number of anilines is 1. The summed E-state index contributed by atoms with van der Waals surface area (Å²) < 4.78 is 1.79. The molecular weight excluding hydrogens is 244 g/mol. The minimum absolute atomic E-state index is 0.0948. The maximum Gasteiger partial charge on any atom is 0.356 e. The number of aryl methyl sites for hydroxylation is 1. The number of carbonyl (C=O) groups is 1. The van der Waals surface area contributed by atoms with E-state index < -0.39 is 5.97 Å². The predicted molar refractivity (Wildman–Crippen MR) is 73.9 cm³/mol. The van der Waals surface area contributed by atoms with Crippen molar-refractivity contribution >= 4 is 17.2 Å². The molecule has 0 radical (unpaired) electrons. The van der Waals surface area contributed by atoms with Crippen LogP contribution in [0.1, 0.15) is 16.3 Å². The van der Waals surface area contributed by atoms with E-state index in [0.29, 0.717) is 11.3 Å². The number of aromatic carboxylic acids is 1. The highest BCUT2D eigenvalue weighted by Crippen LogP contribution is 2.17. The molecular formula is C13H18N4O2. The van der Waals surface area contributed by atoms with Crippen LogP contribution in [0.5, 0.6) is 0 Å². The summed E-state index contributed by atoms with van der Waals surface area (Å²) in [6.45, 7) is 3.56. The number of hydrogen-bond acceptors (Lipinski definition) is 4. The zero-order chi connectivity index (χ0) is 14.0. The maximum atomic E-state index is 11.1. The smallest absolute Gasteiger partial charge is 0.356 e. The number of rotatable bonds is 5. The zero-order valence-corrected chi connectivity index (χ0v) is 11.3. The molecule has 0 atom stereocenters. The quantitative estimate of drug-likeness (QED) is 0.850. The largest absolute Gasteiger partial charge is 0.476 e. The fourth-order valence-corrected chi connectivity index (χ4v) is 1.92. The van der Waals surface area contributed by atoms with Gasteiger partial charge in [0.25, 0.3) is 0 Å². The average Bonchev–Trinajstić information content (AvgIpc) is 2.66. The molecule has 0 aromatic carbocycles. The third-order valence-electron chi connectivity index (χ3n) is 2.90. The first-order valence-electron chi connectivity index (χ1n) is 6.09. The van der Waals surface area contributed by atoms with E-state index in [2.05, 4.69) is 15.2 Å². The SMILES string of the molecule is Cc1nc(C(=O)O)c2ccc(NCCN(C)C)cn12. The van der Waals surface area contributed by atoms with Gasteiger partial charge in [-0.25, -0.2) is 9.78 Å². The minimum atomic E-state index is -1.00. The second-order valence-electron chi connectivity index (χ2n) is 4.72. The average molecular weight is 262 g/mol.